The Hall–Kier alpha value is -2.77. The molecule has 1 aromatic heterocycles. The molecule has 128 valence electrons. The summed E-state index contributed by atoms with van der Waals surface area (Å²) in [4.78, 5) is 14.1. The second-order valence-corrected chi connectivity index (χ2v) is 5.30. The van der Waals surface area contributed by atoms with Gasteiger partial charge in [-0.15, -0.1) is 10.2 Å². The highest BCUT2D eigenvalue weighted by Crippen LogP contribution is 2.41. The van der Waals surface area contributed by atoms with Crippen LogP contribution in [0.1, 0.15) is 17.5 Å². The minimum atomic E-state index is -0.102. The van der Waals surface area contributed by atoms with E-state index in [4.69, 9.17) is 14.2 Å². The molecule has 0 atom stereocenters. The molecule has 0 N–H and O–H groups in total. The largest absolute Gasteiger partial charge is 0.493 e. The fraction of sp³-hybridized carbons (Fsp3) is 0.438. The standard InChI is InChI=1S/C16H20N4O4/c1-5-19-6-7-20-14(17-18-15(20)16(19)21)10-8-11(22-2)13(24-4)12(9-10)23-3/h8-9H,5-7H2,1-4H3. The predicted molar refractivity (Wildman–Crippen MR) is 86.7 cm³/mol. The molecule has 0 spiro atoms. The van der Waals surface area contributed by atoms with Crippen LogP contribution in [0.15, 0.2) is 12.1 Å². The zero-order valence-corrected chi connectivity index (χ0v) is 14.2. The number of methoxy groups -OCH3 is 3. The lowest BCUT2D eigenvalue weighted by molar-refractivity contribution is 0.0707. The minimum absolute atomic E-state index is 0.102. The summed E-state index contributed by atoms with van der Waals surface area (Å²) in [6, 6.07) is 3.60. The molecule has 1 aliphatic rings. The summed E-state index contributed by atoms with van der Waals surface area (Å²) in [7, 11) is 4.67. The third-order valence-corrected chi connectivity index (χ3v) is 4.13. The molecule has 8 heteroatoms. The normalized spacial score (nSPS) is 13.7. The Morgan fingerprint density at radius 1 is 1.00 bits per heavy atom. The van der Waals surface area contributed by atoms with Gasteiger partial charge in [0.05, 0.1) is 21.3 Å². The predicted octanol–water partition coefficient (Wildman–Crippen LogP) is 1.45. The highest BCUT2D eigenvalue weighted by Gasteiger charge is 2.29. The number of carbonyl (C=O) groups is 1. The van der Waals surface area contributed by atoms with Crippen LogP contribution in [0, 0.1) is 0 Å². The zero-order valence-electron chi connectivity index (χ0n) is 14.2. The quantitative estimate of drug-likeness (QED) is 0.824. The van der Waals surface area contributed by atoms with Gasteiger partial charge >= 0.3 is 0 Å². The van der Waals surface area contributed by atoms with Gasteiger partial charge in [-0.2, -0.15) is 0 Å². The molecule has 2 aromatic rings. The van der Waals surface area contributed by atoms with E-state index in [1.807, 2.05) is 11.5 Å². The van der Waals surface area contributed by atoms with Crippen molar-refractivity contribution in [3.63, 3.8) is 0 Å². The molecule has 1 aromatic carbocycles. The molecule has 3 rings (SSSR count). The molecule has 2 heterocycles. The van der Waals surface area contributed by atoms with Gasteiger partial charge in [-0.1, -0.05) is 0 Å². The summed E-state index contributed by atoms with van der Waals surface area (Å²) in [6.07, 6.45) is 0. The van der Waals surface area contributed by atoms with Crippen LogP contribution in [0.3, 0.4) is 0 Å². The first-order chi connectivity index (χ1) is 11.6. The third kappa shape index (κ3) is 2.44. The smallest absolute Gasteiger partial charge is 0.291 e. The Labute approximate surface area is 139 Å². The topological polar surface area (TPSA) is 78.7 Å². The van der Waals surface area contributed by atoms with Gasteiger partial charge in [0.15, 0.2) is 17.3 Å². The second-order valence-electron chi connectivity index (χ2n) is 5.30. The first-order valence-electron chi connectivity index (χ1n) is 7.67. The van der Waals surface area contributed by atoms with Crippen LogP contribution in [0.4, 0.5) is 0 Å². The fourth-order valence-corrected chi connectivity index (χ4v) is 2.86. The van der Waals surface area contributed by atoms with Crippen molar-refractivity contribution in [1.82, 2.24) is 19.7 Å². The van der Waals surface area contributed by atoms with E-state index in [0.717, 1.165) is 5.56 Å². The number of likely N-dealkylation sites (N-methyl/N-ethyl adjacent to an activating group) is 1. The Morgan fingerprint density at radius 3 is 2.17 bits per heavy atom. The molecular weight excluding hydrogens is 312 g/mol. The van der Waals surface area contributed by atoms with Gasteiger partial charge in [0.2, 0.25) is 11.6 Å². The molecule has 0 saturated heterocycles. The summed E-state index contributed by atoms with van der Waals surface area (Å²) in [5.74, 6) is 2.42. The summed E-state index contributed by atoms with van der Waals surface area (Å²) in [6.45, 7) is 3.89. The van der Waals surface area contributed by atoms with Crippen LogP contribution >= 0.6 is 0 Å². The van der Waals surface area contributed by atoms with Gasteiger partial charge in [0.25, 0.3) is 5.91 Å². The van der Waals surface area contributed by atoms with E-state index >= 15 is 0 Å². The van der Waals surface area contributed by atoms with Gasteiger partial charge in [-0.05, 0) is 19.1 Å². The fourth-order valence-electron chi connectivity index (χ4n) is 2.86. The summed E-state index contributed by atoms with van der Waals surface area (Å²) < 4.78 is 17.9. The van der Waals surface area contributed by atoms with Crippen LogP contribution in [0.5, 0.6) is 17.2 Å². The van der Waals surface area contributed by atoms with Crippen LogP contribution in [0.25, 0.3) is 11.4 Å². The number of amides is 1. The Kier molecular flexibility index (Phi) is 4.28. The molecule has 8 nitrogen and oxygen atoms in total. The summed E-state index contributed by atoms with van der Waals surface area (Å²) >= 11 is 0. The number of nitrogens with zero attached hydrogens (tertiary/aromatic N) is 4. The molecule has 0 unspecified atom stereocenters. The first kappa shape index (κ1) is 16.1. The van der Waals surface area contributed by atoms with Crippen LogP contribution in [-0.2, 0) is 6.54 Å². The van der Waals surface area contributed by atoms with E-state index in [9.17, 15) is 4.79 Å². The number of aromatic nitrogens is 3. The maximum atomic E-state index is 12.4. The van der Waals surface area contributed by atoms with Gasteiger partial charge in [0, 0.05) is 25.2 Å². The molecule has 1 amide bonds. The third-order valence-electron chi connectivity index (χ3n) is 4.13. The molecule has 0 aliphatic carbocycles. The molecule has 1 aliphatic heterocycles. The molecule has 24 heavy (non-hydrogen) atoms. The number of benzene rings is 1. The van der Waals surface area contributed by atoms with E-state index in [2.05, 4.69) is 10.2 Å². The SMILES string of the molecule is CCN1CCn2c(nnc2-c2cc(OC)c(OC)c(OC)c2)C1=O. The number of hydrogen-bond donors (Lipinski definition) is 0. The monoisotopic (exact) mass is 332 g/mol. The molecule has 0 saturated carbocycles. The van der Waals surface area contributed by atoms with Crippen molar-refractivity contribution >= 4 is 5.91 Å². The maximum absolute atomic E-state index is 12.4. The number of rotatable bonds is 5. The van der Waals surface area contributed by atoms with E-state index in [0.29, 0.717) is 48.5 Å². The number of hydrogen-bond acceptors (Lipinski definition) is 6. The number of ether oxygens (including phenoxy) is 3. The molecular formula is C16H20N4O4. The lowest BCUT2D eigenvalue weighted by atomic mass is 10.1. The minimum Gasteiger partial charge on any atom is -0.493 e. The Morgan fingerprint density at radius 2 is 1.62 bits per heavy atom. The highest BCUT2D eigenvalue weighted by atomic mass is 16.5. The van der Waals surface area contributed by atoms with Crippen LogP contribution < -0.4 is 14.2 Å². The van der Waals surface area contributed by atoms with Gasteiger partial charge in [0.1, 0.15) is 0 Å². The van der Waals surface area contributed by atoms with Gasteiger partial charge in [-0.25, -0.2) is 0 Å². The first-order valence-corrected chi connectivity index (χ1v) is 7.67. The second kappa shape index (κ2) is 6.38. The molecule has 0 radical (unpaired) electrons. The van der Waals surface area contributed by atoms with Gasteiger partial charge in [-0.3, -0.25) is 4.79 Å². The lowest BCUT2D eigenvalue weighted by Gasteiger charge is -2.26. The number of carbonyl (C=O) groups excluding carboxylic acids is 1. The van der Waals surface area contributed by atoms with Gasteiger partial charge < -0.3 is 23.7 Å². The van der Waals surface area contributed by atoms with Crippen molar-refractivity contribution in [2.45, 2.75) is 13.5 Å². The van der Waals surface area contributed by atoms with E-state index in [1.54, 1.807) is 38.4 Å². The average molecular weight is 332 g/mol. The number of fused-ring (bicyclic) bond motifs is 1. The van der Waals surface area contributed by atoms with Crippen LogP contribution in [0.2, 0.25) is 0 Å². The molecule has 0 bridgehead atoms. The van der Waals surface area contributed by atoms with Crippen molar-refractivity contribution in [2.75, 3.05) is 34.4 Å². The van der Waals surface area contributed by atoms with E-state index in [-0.39, 0.29) is 5.91 Å². The van der Waals surface area contributed by atoms with E-state index in [1.165, 1.54) is 0 Å². The Bertz CT molecular complexity index is 746. The maximum Gasteiger partial charge on any atom is 0.291 e. The van der Waals surface area contributed by atoms with Crippen molar-refractivity contribution in [1.29, 1.82) is 0 Å². The summed E-state index contributed by atoms with van der Waals surface area (Å²) in [5, 5.41) is 8.28. The highest BCUT2D eigenvalue weighted by molar-refractivity contribution is 5.92. The van der Waals surface area contributed by atoms with Crippen molar-refractivity contribution in [3.05, 3.63) is 18.0 Å². The van der Waals surface area contributed by atoms with Crippen molar-refractivity contribution in [2.24, 2.45) is 0 Å². The average Bonchev–Trinajstić information content (AvgIpc) is 3.05. The van der Waals surface area contributed by atoms with Crippen molar-refractivity contribution < 1.29 is 19.0 Å². The summed E-state index contributed by atoms with van der Waals surface area (Å²) in [5.41, 5.74) is 0.751. The zero-order chi connectivity index (χ0) is 17.3. The van der Waals surface area contributed by atoms with Crippen LogP contribution in [-0.4, -0.2) is 60.0 Å². The lowest BCUT2D eigenvalue weighted by Crippen LogP contribution is -2.40. The Balaban J connectivity index is 2.10. The molecule has 0 fully saturated rings. The van der Waals surface area contributed by atoms with E-state index < -0.39 is 0 Å². The van der Waals surface area contributed by atoms with Crippen molar-refractivity contribution in [3.8, 4) is 28.6 Å².